The van der Waals surface area contributed by atoms with Gasteiger partial charge in [0.25, 0.3) is 5.82 Å². The normalized spacial score (nSPS) is 10.3. The van der Waals surface area contributed by atoms with Crippen LogP contribution in [0.3, 0.4) is 0 Å². The van der Waals surface area contributed by atoms with Crippen LogP contribution in [0.2, 0.25) is 0 Å². The van der Waals surface area contributed by atoms with E-state index in [1.807, 2.05) is 30.3 Å². The third kappa shape index (κ3) is 1.75. The number of hydrogen-bond acceptors (Lipinski definition) is 4. The minimum atomic E-state index is 0.280. The van der Waals surface area contributed by atoms with E-state index in [1.165, 1.54) is 11.3 Å². The largest absolute Gasteiger partial charge is 0.359 e. The predicted octanol–water partition coefficient (Wildman–Crippen LogP) is 3.30. The van der Waals surface area contributed by atoms with Crippen LogP contribution in [0.1, 0.15) is 0 Å². The number of hydrogen-bond donors (Lipinski definition) is 0. The SMILES string of the molecule is [C-]#[N+]c1cc2nc(-c3ccccc3)sc2nn1. The molecule has 0 aliphatic rings. The van der Waals surface area contributed by atoms with Crippen molar-refractivity contribution in [3.8, 4) is 10.6 Å². The second kappa shape index (κ2) is 3.92. The average Bonchev–Trinajstić information content (AvgIpc) is 2.82. The van der Waals surface area contributed by atoms with Crippen molar-refractivity contribution in [2.24, 2.45) is 0 Å². The molecule has 4 nitrogen and oxygen atoms in total. The molecule has 0 aliphatic carbocycles. The number of fused-ring (bicyclic) bond motifs is 1. The van der Waals surface area contributed by atoms with Gasteiger partial charge in [-0.15, -0.1) is 0 Å². The molecule has 2 aromatic heterocycles. The topological polar surface area (TPSA) is 43.0 Å². The van der Waals surface area contributed by atoms with E-state index >= 15 is 0 Å². The van der Waals surface area contributed by atoms with Crippen molar-refractivity contribution in [3.05, 3.63) is 47.8 Å². The van der Waals surface area contributed by atoms with Crippen molar-refractivity contribution in [2.45, 2.75) is 0 Å². The summed E-state index contributed by atoms with van der Waals surface area (Å²) in [5.41, 5.74) is 1.79. The van der Waals surface area contributed by atoms with Crippen molar-refractivity contribution in [1.82, 2.24) is 15.2 Å². The number of thiazole rings is 1. The molecule has 80 valence electrons. The number of rotatable bonds is 1. The summed E-state index contributed by atoms with van der Waals surface area (Å²) < 4.78 is 0. The quantitative estimate of drug-likeness (QED) is 0.611. The Labute approximate surface area is 101 Å². The number of benzene rings is 1. The minimum absolute atomic E-state index is 0.280. The Balaban J connectivity index is 2.18. The Hall–Kier alpha value is -2.32. The van der Waals surface area contributed by atoms with Gasteiger partial charge in [-0.05, 0) is 16.3 Å². The van der Waals surface area contributed by atoms with E-state index in [0.717, 1.165) is 20.9 Å². The van der Waals surface area contributed by atoms with E-state index in [0.29, 0.717) is 0 Å². The lowest BCUT2D eigenvalue weighted by Crippen LogP contribution is -1.78. The molecule has 0 spiro atoms. The zero-order chi connectivity index (χ0) is 11.7. The van der Waals surface area contributed by atoms with Crippen LogP contribution < -0.4 is 0 Å². The van der Waals surface area contributed by atoms with E-state index in [-0.39, 0.29) is 5.82 Å². The van der Waals surface area contributed by atoms with Crippen LogP contribution in [0.4, 0.5) is 5.82 Å². The first kappa shape index (κ1) is 9.87. The molecule has 3 aromatic rings. The zero-order valence-corrected chi connectivity index (χ0v) is 9.48. The molecule has 17 heavy (non-hydrogen) atoms. The van der Waals surface area contributed by atoms with Crippen LogP contribution in [0.25, 0.3) is 25.8 Å². The van der Waals surface area contributed by atoms with Crippen molar-refractivity contribution in [3.63, 3.8) is 0 Å². The van der Waals surface area contributed by atoms with Gasteiger partial charge in [0.1, 0.15) is 5.01 Å². The molecule has 0 unspecified atom stereocenters. The second-order valence-corrected chi connectivity index (χ2v) is 4.37. The number of aromatic nitrogens is 3. The Morgan fingerprint density at radius 3 is 2.71 bits per heavy atom. The van der Waals surface area contributed by atoms with Crippen LogP contribution >= 0.6 is 11.3 Å². The molecule has 3 rings (SSSR count). The standard InChI is InChI=1S/C12H6N4S/c1-13-10-7-9-12(16-15-10)17-11(14-9)8-5-3-2-4-6-8/h2-7H. The minimum Gasteiger partial charge on any atom is -0.359 e. The lowest BCUT2D eigenvalue weighted by molar-refractivity contribution is 1.10. The molecule has 1 aromatic carbocycles. The average molecular weight is 238 g/mol. The monoisotopic (exact) mass is 238 g/mol. The summed E-state index contributed by atoms with van der Waals surface area (Å²) in [6.45, 7) is 6.89. The fourth-order valence-electron chi connectivity index (χ4n) is 1.50. The first-order valence-electron chi connectivity index (χ1n) is 4.94. The van der Waals surface area contributed by atoms with Crippen LogP contribution in [-0.4, -0.2) is 15.2 Å². The Bertz CT molecular complexity index is 712. The van der Waals surface area contributed by atoms with Crippen LogP contribution in [0.5, 0.6) is 0 Å². The highest BCUT2D eigenvalue weighted by Crippen LogP contribution is 2.29. The van der Waals surface area contributed by atoms with Crippen molar-refractivity contribution < 1.29 is 0 Å². The van der Waals surface area contributed by atoms with Crippen LogP contribution in [-0.2, 0) is 0 Å². The van der Waals surface area contributed by atoms with E-state index in [1.54, 1.807) is 6.07 Å². The summed E-state index contributed by atoms with van der Waals surface area (Å²) >= 11 is 1.48. The van der Waals surface area contributed by atoms with Gasteiger partial charge >= 0.3 is 0 Å². The number of nitrogens with zero attached hydrogens (tertiary/aromatic N) is 4. The van der Waals surface area contributed by atoms with E-state index in [9.17, 15) is 0 Å². The third-order valence-corrected chi connectivity index (χ3v) is 3.28. The molecular weight excluding hydrogens is 232 g/mol. The molecule has 0 atom stereocenters. The highest BCUT2D eigenvalue weighted by molar-refractivity contribution is 7.21. The fraction of sp³-hybridized carbons (Fsp3) is 0. The Morgan fingerprint density at radius 2 is 1.94 bits per heavy atom. The molecule has 5 heteroatoms. The van der Waals surface area contributed by atoms with Gasteiger partial charge in [-0.2, -0.15) is 0 Å². The summed E-state index contributed by atoms with van der Waals surface area (Å²) in [7, 11) is 0. The predicted molar refractivity (Wildman–Crippen MR) is 66.9 cm³/mol. The van der Waals surface area contributed by atoms with Gasteiger partial charge in [0.05, 0.1) is 5.52 Å². The van der Waals surface area contributed by atoms with Gasteiger partial charge in [0.15, 0.2) is 4.83 Å². The van der Waals surface area contributed by atoms with Crippen molar-refractivity contribution in [2.75, 3.05) is 0 Å². The third-order valence-electron chi connectivity index (χ3n) is 2.28. The van der Waals surface area contributed by atoms with Crippen molar-refractivity contribution >= 4 is 27.5 Å². The summed E-state index contributed by atoms with van der Waals surface area (Å²) in [5.74, 6) is 0.280. The van der Waals surface area contributed by atoms with Gasteiger partial charge in [0, 0.05) is 5.56 Å². The second-order valence-electron chi connectivity index (χ2n) is 3.39. The maximum Gasteiger partial charge on any atom is 0.298 e. The molecule has 0 aliphatic heterocycles. The zero-order valence-electron chi connectivity index (χ0n) is 8.66. The molecule has 0 amide bonds. The maximum absolute atomic E-state index is 6.89. The summed E-state index contributed by atoms with van der Waals surface area (Å²) in [6.07, 6.45) is 0. The lowest BCUT2D eigenvalue weighted by atomic mass is 10.2. The smallest absolute Gasteiger partial charge is 0.298 e. The molecule has 0 saturated heterocycles. The molecule has 0 radical (unpaired) electrons. The molecule has 0 fully saturated rings. The molecule has 2 heterocycles. The van der Waals surface area contributed by atoms with E-state index in [2.05, 4.69) is 20.0 Å². The summed E-state index contributed by atoms with van der Waals surface area (Å²) in [5, 5.41) is 8.69. The highest BCUT2D eigenvalue weighted by atomic mass is 32.1. The summed E-state index contributed by atoms with van der Waals surface area (Å²) in [6, 6.07) is 11.6. The first-order chi connectivity index (χ1) is 8.36. The van der Waals surface area contributed by atoms with Gasteiger partial charge in [-0.3, -0.25) is 0 Å². The molecular formula is C12H6N4S. The highest BCUT2D eigenvalue weighted by Gasteiger charge is 2.09. The fourth-order valence-corrected chi connectivity index (χ4v) is 2.37. The Kier molecular flexibility index (Phi) is 2.28. The van der Waals surface area contributed by atoms with Gasteiger partial charge in [-0.25, -0.2) is 4.98 Å². The molecule has 0 bridgehead atoms. The van der Waals surface area contributed by atoms with Crippen molar-refractivity contribution in [1.29, 1.82) is 0 Å². The van der Waals surface area contributed by atoms with E-state index < -0.39 is 0 Å². The Morgan fingerprint density at radius 1 is 1.12 bits per heavy atom. The lowest BCUT2D eigenvalue weighted by Gasteiger charge is -1.91. The first-order valence-corrected chi connectivity index (χ1v) is 5.75. The van der Waals surface area contributed by atoms with Gasteiger partial charge < -0.3 is 4.85 Å². The maximum atomic E-state index is 6.89. The van der Waals surface area contributed by atoms with E-state index in [4.69, 9.17) is 6.57 Å². The molecule has 0 N–H and O–H groups in total. The molecule has 0 saturated carbocycles. The van der Waals surface area contributed by atoms with Gasteiger partial charge in [0.2, 0.25) is 0 Å². The van der Waals surface area contributed by atoms with Gasteiger partial charge in [-0.1, -0.05) is 48.2 Å². The van der Waals surface area contributed by atoms with Crippen LogP contribution in [0.15, 0.2) is 36.4 Å². The summed E-state index contributed by atoms with van der Waals surface area (Å²) in [4.78, 5) is 8.47. The van der Waals surface area contributed by atoms with Crippen LogP contribution in [0, 0.1) is 6.57 Å².